The van der Waals surface area contributed by atoms with Crippen LogP contribution in [-0.4, -0.2) is 23.2 Å². The molecule has 2 aromatic carbocycles. The first-order valence-corrected chi connectivity index (χ1v) is 9.41. The fourth-order valence-corrected chi connectivity index (χ4v) is 2.68. The number of nitrogens with two attached hydrogens (primary N) is 1. The highest BCUT2D eigenvalue weighted by Crippen LogP contribution is 2.37. The third-order valence-corrected chi connectivity index (χ3v) is 4.17. The normalized spacial score (nSPS) is 11.5. The Morgan fingerprint density at radius 1 is 0.889 bits per heavy atom. The maximum absolute atomic E-state index is 14.8. The molecule has 1 aromatic heterocycles. The van der Waals surface area contributed by atoms with Crippen molar-refractivity contribution in [3.05, 3.63) is 77.4 Å². The molecular weight excluding hydrogens is 507 g/mol. The summed E-state index contributed by atoms with van der Waals surface area (Å²) in [4.78, 5) is 32.3. The van der Waals surface area contributed by atoms with E-state index in [1.165, 1.54) is 0 Å². The second-order valence-corrected chi connectivity index (χ2v) is 6.69. The molecule has 0 unspecified atom stereocenters. The summed E-state index contributed by atoms with van der Waals surface area (Å²) in [6.45, 7) is 0. The number of amides is 2. The Labute approximate surface area is 196 Å². The number of ether oxygens (including phenoxy) is 2. The van der Waals surface area contributed by atoms with E-state index in [-0.39, 0.29) is 17.2 Å². The number of carbonyl (C=O) groups is 2. The Balaban J connectivity index is 1.90. The Kier molecular flexibility index (Phi) is 7.22. The van der Waals surface area contributed by atoms with Gasteiger partial charge in [0.15, 0.2) is 11.6 Å². The van der Waals surface area contributed by atoms with E-state index < -0.39 is 52.8 Å². The number of rotatable bonds is 7. The summed E-state index contributed by atoms with van der Waals surface area (Å²) >= 11 is 0. The number of hydrogen-bond acceptors (Lipinski definition) is 6. The molecule has 36 heavy (non-hydrogen) atoms. The molecule has 0 aliphatic heterocycles. The number of alkyl halides is 6. The zero-order valence-corrected chi connectivity index (χ0v) is 17.4. The van der Waals surface area contributed by atoms with E-state index in [2.05, 4.69) is 9.72 Å². The van der Waals surface area contributed by atoms with E-state index in [9.17, 15) is 40.3 Å². The molecule has 0 bridgehead atoms. The summed E-state index contributed by atoms with van der Waals surface area (Å²) < 4.78 is 100. The summed E-state index contributed by atoms with van der Waals surface area (Å²) in [5.74, 6) is -6.32. The second kappa shape index (κ2) is 9.97. The highest BCUT2D eigenvalue weighted by Gasteiger charge is 2.37. The minimum Gasteiger partial charge on any atom is -0.456 e. The minimum absolute atomic E-state index is 0.220. The number of halogens is 7. The molecule has 0 fully saturated rings. The van der Waals surface area contributed by atoms with Crippen molar-refractivity contribution in [3.8, 4) is 23.0 Å². The van der Waals surface area contributed by atoms with Crippen LogP contribution in [0.3, 0.4) is 0 Å². The lowest BCUT2D eigenvalue weighted by Crippen LogP contribution is -2.29. The largest absolute Gasteiger partial charge is 0.573 e. The van der Waals surface area contributed by atoms with E-state index in [0.717, 1.165) is 42.6 Å². The summed E-state index contributed by atoms with van der Waals surface area (Å²) in [5, 5.41) is 0. The molecule has 1 heterocycles. The number of aromatic nitrogens is 1. The van der Waals surface area contributed by atoms with Crippen molar-refractivity contribution in [1.29, 1.82) is 0 Å². The van der Waals surface area contributed by atoms with Crippen LogP contribution in [0.2, 0.25) is 0 Å². The van der Waals surface area contributed by atoms with Gasteiger partial charge in [0.25, 0.3) is 11.8 Å². The van der Waals surface area contributed by atoms with Gasteiger partial charge in [0.2, 0.25) is 0 Å². The van der Waals surface area contributed by atoms with Crippen molar-refractivity contribution in [1.82, 2.24) is 10.5 Å². The van der Waals surface area contributed by atoms with Crippen molar-refractivity contribution < 1.29 is 54.6 Å². The fraction of sp³-hybridized carbons (Fsp3) is 0.0952. The molecule has 2 amide bonds. The van der Waals surface area contributed by atoms with Crippen LogP contribution in [0.25, 0.3) is 0 Å². The molecule has 3 aromatic rings. The third-order valence-electron chi connectivity index (χ3n) is 4.17. The Hall–Kier alpha value is -4.56. The standard InChI is InChI=1S/C21H12F7N3O5/c22-17-13(20(23,24)25)5-6-15(34-10-1-3-11(4-2-10)35-21(26,27)28)16(17)19(33)31-36-12-7-8-30-14(9-12)18(29)32/h1-9H,(H2,29,32)(H,31,33). The van der Waals surface area contributed by atoms with Crippen LogP contribution in [0.15, 0.2) is 54.7 Å². The maximum Gasteiger partial charge on any atom is 0.573 e. The summed E-state index contributed by atoms with van der Waals surface area (Å²) in [7, 11) is 0. The molecule has 8 nitrogen and oxygen atoms in total. The third kappa shape index (κ3) is 6.52. The van der Waals surface area contributed by atoms with Gasteiger partial charge >= 0.3 is 12.5 Å². The van der Waals surface area contributed by atoms with Gasteiger partial charge in [0.1, 0.15) is 28.5 Å². The molecule has 0 saturated heterocycles. The van der Waals surface area contributed by atoms with Crippen molar-refractivity contribution >= 4 is 11.8 Å². The zero-order chi connectivity index (χ0) is 26.7. The maximum atomic E-state index is 14.8. The lowest BCUT2D eigenvalue weighted by Gasteiger charge is -2.16. The van der Waals surface area contributed by atoms with Crippen molar-refractivity contribution in [3.63, 3.8) is 0 Å². The molecule has 0 radical (unpaired) electrons. The Morgan fingerprint density at radius 3 is 2.11 bits per heavy atom. The highest BCUT2D eigenvalue weighted by molar-refractivity contribution is 5.97. The van der Waals surface area contributed by atoms with E-state index in [1.807, 2.05) is 0 Å². The first-order chi connectivity index (χ1) is 16.7. The number of carbonyl (C=O) groups excluding carboxylic acids is 2. The van der Waals surface area contributed by atoms with Gasteiger partial charge in [-0.05, 0) is 36.4 Å². The van der Waals surface area contributed by atoms with E-state index in [4.69, 9.17) is 15.3 Å². The predicted molar refractivity (Wildman–Crippen MR) is 105 cm³/mol. The predicted octanol–water partition coefficient (Wildman–Crippen LogP) is 4.75. The van der Waals surface area contributed by atoms with Gasteiger partial charge in [-0.1, -0.05) is 0 Å². The van der Waals surface area contributed by atoms with Crippen molar-refractivity contribution in [2.24, 2.45) is 5.73 Å². The SMILES string of the molecule is NC(=O)c1cc(ONC(=O)c2c(Oc3ccc(OC(F)(F)F)cc3)ccc(C(F)(F)F)c2F)ccn1. The van der Waals surface area contributed by atoms with Crippen LogP contribution in [0.5, 0.6) is 23.0 Å². The number of primary amides is 1. The van der Waals surface area contributed by atoms with E-state index >= 15 is 0 Å². The van der Waals surface area contributed by atoms with Crippen molar-refractivity contribution in [2.75, 3.05) is 0 Å². The highest BCUT2D eigenvalue weighted by atomic mass is 19.4. The van der Waals surface area contributed by atoms with Crippen LogP contribution in [0.4, 0.5) is 30.7 Å². The summed E-state index contributed by atoms with van der Waals surface area (Å²) in [6, 6.07) is 6.63. The molecular formula is C21H12F7N3O5. The molecule has 15 heteroatoms. The molecule has 0 saturated carbocycles. The number of nitrogens with one attached hydrogen (secondary N) is 1. The van der Waals surface area contributed by atoms with E-state index in [0.29, 0.717) is 12.1 Å². The molecule has 0 atom stereocenters. The fourth-order valence-electron chi connectivity index (χ4n) is 2.68. The molecule has 3 rings (SSSR count). The van der Waals surface area contributed by atoms with Crippen LogP contribution in [0, 0.1) is 5.82 Å². The van der Waals surface area contributed by atoms with Crippen LogP contribution in [0.1, 0.15) is 26.4 Å². The van der Waals surface area contributed by atoms with Crippen molar-refractivity contribution in [2.45, 2.75) is 12.5 Å². The van der Waals surface area contributed by atoms with Crippen LogP contribution in [-0.2, 0) is 6.18 Å². The average Bonchev–Trinajstić information content (AvgIpc) is 2.77. The van der Waals surface area contributed by atoms with Gasteiger partial charge in [0.05, 0.1) is 5.56 Å². The van der Waals surface area contributed by atoms with Crippen LogP contribution >= 0.6 is 0 Å². The van der Waals surface area contributed by atoms with Gasteiger partial charge in [-0.15, -0.1) is 13.2 Å². The molecule has 0 aliphatic carbocycles. The van der Waals surface area contributed by atoms with Gasteiger partial charge in [-0.25, -0.2) is 4.39 Å². The van der Waals surface area contributed by atoms with Gasteiger partial charge in [-0.2, -0.15) is 18.7 Å². The lowest BCUT2D eigenvalue weighted by molar-refractivity contribution is -0.274. The minimum atomic E-state index is -5.18. The summed E-state index contributed by atoms with van der Waals surface area (Å²) in [5.41, 5.74) is 3.47. The quantitative estimate of drug-likeness (QED) is 0.344. The molecule has 190 valence electrons. The number of nitrogens with zero attached hydrogens (tertiary/aromatic N) is 1. The first-order valence-electron chi connectivity index (χ1n) is 9.41. The number of benzene rings is 2. The lowest BCUT2D eigenvalue weighted by atomic mass is 10.1. The molecule has 0 aliphatic rings. The number of hydroxylamine groups is 1. The number of hydrogen-bond donors (Lipinski definition) is 2. The van der Waals surface area contributed by atoms with Crippen LogP contribution < -0.4 is 25.5 Å². The monoisotopic (exact) mass is 519 g/mol. The van der Waals surface area contributed by atoms with E-state index in [1.54, 1.807) is 5.48 Å². The van der Waals surface area contributed by atoms with Gasteiger partial charge in [-0.3, -0.25) is 14.6 Å². The van der Waals surface area contributed by atoms with Gasteiger partial charge < -0.3 is 20.0 Å². The Bertz CT molecular complexity index is 1280. The molecule has 0 spiro atoms. The zero-order valence-electron chi connectivity index (χ0n) is 17.4. The smallest absolute Gasteiger partial charge is 0.456 e. The number of pyridine rings is 1. The Morgan fingerprint density at radius 2 is 1.53 bits per heavy atom. The topological polar surface area (TPSA) is 113 Å². The van der Waals surface area contributed by atoms with Gasteiger partial charge in [0, 0.05) is 18.3 Å². The first kappa shape index (κ1) is 26.1. The second-order valence-electron chi connectivity index (χ2n) is 6.69. The average molecular weight is 519 g/mol. The summed E-state index contributed by atoms with van der Waals surface area (Å²) in [6.07, 6.45) is -9.08. The molecule has 3 N–H and O–H groups in total.